The van der Waals surface area contributed by atoms with Crippen molar-refractivity contribution in [2.24, 2.45) is 0 Å². The molecule has 0 unspecified atom stereocenters. The lowest BCUT2D eigenvalue weighted by atomic mass is 10.1. The summed E-state index contributed by atoms with van der Waals surface area (Å²) in [5.41, 5.74) is 3.53. The Morgan fingerprint density at radius 1 is 1.32 bits per heavy atom. The van der Waals surface area contributed by atoms with Crippen LogP contribution in [0.1, 0.15) is 36.7 Å². The molecule has 2 atom stereocenters. The van der Waals surface area contributed by atoms with Crippen molar-refractivity contribution in [1.29, 1.82) is 0 Å². The first-order valence-electron chi connectivity index (χ1n) is 6.72. The van der Waals surface area contributed by atoms with E-state index < -0.39 is 0 Å². The van der Waals surface area contributed by atoms with Crippen molar-refractivity contribution in [1.82, 2.24) is 20.1 Å². The molecule has 2 heterocycles. The van der Waals surface area contributed by atoms with Crippen LogP contribution >= 0.6 is 0 Å². The van der Waals surface area contributed by atoms with E-state index in [1.807, 2.05) is 30.1 Å². The fourth-order valence-corrected chi connectivity index (χ4v) is 2.03. The van der Waals surface area contributed by atoms with Gasteiger partial charge in [0.2, 0.25) is 0 Å². The summed E-state index contributed by atoms with van der Waals surface area (Å²) in [6.45, 7) is 9.31. The first-order chi connectivity index (χ1) is 9.08. The van der Waals surface area contributed by atoms with Crippen LogP contribution in [0, 0.1) is 13.8 Å². The van der Waals surface area contributed by atoms with Crippen LogP contribution in [0.4, 0.5) is 0 Å². The number of aryl methyl sites for hydroxylation is 2. The summed E-state index contributed by atoms with van der Waals surface area (Å²) >= 11 is 0. The molecule has 0 bridgehead atoms. The van der Waals surface area contributed by atoms with Crippen LogP contribution in [-0.4, -0.2) is 20.8 Å². The molecule has 0 amide bonds. The van der Waals surface area contributed by atoms with Gasteiger partial charge in [-0.05, 0) is 44.9 Å². The molecule has 0 saturated heterocycles. The Morgan fingerprint density at radius 2 is 2.11 bits per heavy atom. The van der Waals surface area contributed by atoms with Crippen molar-refractivity contribution in [2.45, 2.75) is 46.3 Å². The van der Waals surface area contributed by atoms with E-state index in [0.29, 0.717) is 12.1 Å². The van der Waals surface area contributed by atoms with E-state index in [0.717, 1.165) is 12.2 Å². The van der Waals surface area contributed by atoms with Crippen LogP contribution in [0.5, 0.6) is 0 Å². The largest absolute Gasteiger partial charge is 0.308 e. The highest BCUT2D eigenvalue weighted by Crippen LogP contribution is 2.12. The number of hydrogen-bond donors (Lipinski definition) is 1. The number of hydrogen-bond acceptors (Lipinski definition) is 3. The molecule has 2 aromatic rings. The molecule has 4 nitrogen and oxygen atoms in total. The van der Waals surface area contributed by atoms with Crippen molar-refractivity contribution in [2.75, 3.05) is 0 Å². The molecule has 2 rings (SSSR count). The molecule has 4 heteroatoms. The van der Waals surface area contributed by atoms with Crippen LogP contribution in [0.15, 0.2) is 30.7 Å². The fourth-order valence-electron chi connectivity index (χ4n) is 2.03. The van der Waals surface area contributed by atoms with Gasteiger partial charge in [-0.1, -0.05) is 6.07 Å². The average molecular weight is 258 g/mol. The van der Waals surface area contributed by atoms with Crippen LogP contribution in [0.25, 0.3) is 0 Å². The molecular formula is C15H22N4. The van der Waals surface area contributed by atoms with Gasteiger partial charge < -0.3 is 5.32 Å². The van der Waals surface area contributed by atoms with E-state index in [4.69, 9.17) is 0 Å². The molecule has 0 aromatic carbocycles. The van der Waals surface area contributed by atoms with Crippen LogP contribution in [0.3, 0.4) is 0 Å². The van der Waals surface area contributed by atoms with Crippen LogP contribution in [-0.2, 0) is 6.54 Å². The first-order valence-corrected chi connectivity index (χ1v) is 6.72. The van der Waals surface area contributed by atoms with Gasteiger partial charge in [-0.25, -0.2) is 0 Å². The minimum Gasteiger partial charge on any atom is -0.308 e. The molecule has 2 aromatic heterocycles. The molecule has 19 heavy (non-hydrogen) atoms. The third-order valence-electron chi connectivity index (χ3n) is 3.60. The smallest absolute Gasteiger partial charge is 0.0641 e. The van der Waals surface area contributed by atoms with Gasteiger partial charge in [-0.2, -0.15) is 5.10 Å². The summed E-state index contributed by atoms with van der Waals surface area (Å²) in [7, 11) is 0. The maximum Gasteiger partial charge on any atom is 0.0641 e. The molecule has 0 aliphatic heterocycles. The van der Waals surface area contributed by atoms with Gasteiger partial charge in [0, 0.05) is 30.7 Å². The zero-order chi connectivity index (χ0) is 13.8. The molecule has 1 N–H and O–H groups in total. The van der Waals surface area contributed by atoms with Crippen molar-refractivity contribution >= 4 is 0 Å². The molecule has 0 radical (unpaired) electrons. The highest BCUT2D eigenvalue weighted by Gasteiger charge is 2.14. The van der Waals surface area contributed by atoms with Crippen molar-refractivity contribution in [3.8, 4) is 0 Å². The Hall–Kier alpha value is -1.68. The predicted molar refractivity (Wildman–Crippen MR) is 77.0 cm³/mol. The molecule has 0 aliphatic rings. The second kappa shape index (κ2) is 5.97. The topological polar surface area (TPSA) is 42.7 Å². The summed E-state index contributed by atoms with van der Waals surface area (Å²) in [6.07, 6.45) is 5.81. The maximum absolute atomic E-state index is 4.37. The van der Waals surface area contributed by atoms with Gasteiger partial charge >= 0.3 is 0 Å². The summed E-state index contributed by atoms with van der Waals surface area (Å²) in [5.74, 6) is 0. The lowest BCUT2D eigenvalue weighted by Crippen LogP contribution is -2.33. The molecular weight excluding hydrogens is 236 g/mol. The van der Waals surface area contributed by atoms with E-state index in [2.05, 4.69) is 48.4 Å². The van der Waals surface area contributed by atoms with Gasteiger partial charge in [0.05, 0.1) is 12.2 Å². The van der Waals surface area contributed by atoms with E-state index >= 15 is 0 Å². The Balaban J connectivity index is 1.94. The number of nitrogens with zero attached hydrogens (tertiary/aromatic N) is 3. The first kappa shape index (κ1) is 13.7. The third kappa shape index (κ3) is 3.41. The SMILES string of the molecule is Cc1cnn([C@H](C)[C@H](C)NCc2cccnc2C)c1. The van der Waals surface area contributed by atoms with Gasteiger partial charge in [-0.3, -0.25) is 9.67 Å². The summed E-state index contributed by atoms with van der Waals surface area (Å²) in [5, 5.41) is 7.92. The normalized spacial score (nSPS) is 14.3. The van der Waals surface area contributed by atoms with E-state index in [1.165, 1.54) is 11.1 Å². The lowest BCUT2D eigenvalue weighted by molar-refractivity contribution is 0.364. The highest BCUT2D eigenvalue weighted by atomic mass is 15.3. The van der Waals surface area contributed by atoms with E-state index in [1.54, 1.807) is 0 Å². The Labute approximate surface area is 114 Å². The summed E-state index contributed by atoms with van der Waals surface area (Å²) < 4.78 is 2.02. The fraction of sp³-hybridized carbons (Fsp3) is 0.467. The molecule has 102 valence electrons. The van der Waals surface area contributed by atoms with Crippen LogP contribution in [0.2, 0.25) is 0 Å². The van der Waals surface area contributed by atoms with Crippen LogP contribution < -0.4 is 5.32 Å². The van der Waals surface area contributed by atoms with Crippen molar-refractivity contribution in [3.05, 3.63) is 47.5 Å². The van der Waals surface area contributed by atoms with Gasteiger partial charge in [0.25, 0.3) is 0 Å². The minimum absolute atomic E-state index is 0.325. The second-order valence-corrected chi connectivity index (χ2v) is 5.16. The van der Waals surface area contributed by atoms with E-state index in [9.17, 15) is 0 Å². The zero-order valence-electron chi connectivity index (χ0n) is 12.1. The molecule has 0 aliphatic carbocycles. The zero-order valence-corrected chi connectivity index (χ0v) is 12.1. The monoisotopic (exact) mass is 258 g/mol. The number of pyridine rings is 1. The van der Waals surface area contributed by atoms with Gasteiger partial charge in [0.15, 0.2) is 0 Å². The molecule has 0 saturated carbocycles. The Bertz CT molecular complexity index is 532. The standard InChI is InChI=1S/C15H22N4/c1-11-8-18-19(10-11)14(4)12(2)17-9-15-6-5-7-16-13(15)3/h5-8,10,12,14,17H,9H2,1-4H3/t12-,14+/m0/s1. The van der Waals surface area contributed by atoms with Crippen molar-refractivity contribution in [3.63, 3.8) is 0 Å². The van der Waals surface area contributed by atoms with Gasteiger partial charge in [0.1, 0.15) is 0 Å². The number of aromatic nitrogens is 3. The molecule has 0 spiro atoms. The highest BCUT2D eigenvalue weighted by molar-refractivity contribution is 5.18. The average Bonchev–Trinajstić information content (AvgIpc) is 2.83. The third-order valence-corrected chi connectivity index (χ3v) is 3.60. The lowest BCUT2D eigenvalue weighted by Gasteiger charge is -2.22. The maximum atomic E-state index is 4.37. The molecule has 0 fully saturated rings. The predicted octanol–water partition coefficient (Wildman–Crippen LogP) is 2.63. The Kier molecular flexibility index (Phi) is 4.32. The minimum atomic E-state index is 0.325. The Morgan fingerprint density at radius 3 is 2.74 bits per heavy atom. The van der Waals surface area contributed by atoms with Gasteiger partial charge in [-0.15, -0.1) is 0 Å². The summed E-state index contributed by atoms with van der Waals surface area (Å²) in [4.78, 5) is 4.31. The van der Waals surface area contributed by atoms with Crippen molar-refractivity contribution < 1.29 is 0 Å². The summed E-state index contributed by atoms with van der Waals surface area (Å²) in [6, 6.07) is 4.77. The number of rotatable bonds is 5. The quantitative estimate of drug-likeness (QED) is 0.896. The second-order valence-electron chi connectivity index (χ2n) is 5.16. The number of nitrogens with one attached hydrogen (secondary N) is 1. The van der Waals surface area contributed by atoms with E-state index in [-0.39, 0.29) is 0 Å².